The second kappa shape index (κ2) is 12.2. The van der Waals surface area contributed by atoms with E-state index in [1.165, 1.54) is 6.42 Å². The summed E-state index contributed by atoms with van der Waals surface area (Å²) >= 11 is 0. The Morgan fingerprint density at radius 2 is 2.03 bits per heavy atom. The summed E-state index contributed by atoms with van der Waals surface area (Å²) in [5.74, 6) is 0.929. The number of likely N-dealkylation sites (tertiary alicyclic amines) is 1. The third-order valence-electron chi connectivity index (χ3n) is 6.57. The van der Waals surface area contributed by atoms with Gasteiger partial charge in [-0.1, -0.05) is 33.3 Å². The van der Waals surface area contributed by atoms with Gasteiger partial charge in [-0.25, -0.2) is 0 Å². The minimum atomic E-state index is 0. The number of halogens is 1. The molecule has 30 heavy (non-hydrogen) atoms. The summed E-state index contributed by atoms with van der Waals surface area (Å²) in [6, 6.07) is 7.02. The number of ether oxygens (including phenoxy) is 1. The first-order valence-corrected chi connectivity index (χ1v) is 11.3. The Balaban J connectivity index is 0.00000320. The summed E-state index contributed by atoms with van der Waals surface area (Å²) in [5, 5.41) is 7.30. The van der Waals surface area contributed by atoms with Gasteiger partial charge in [-0.2, -0.15) is 0 Å². The predicted octanol–water partition coefficient (Wildman–Crippen LogP) is 3.81. The molecule has 2 fully saturated rings. The van der Waals surface area contributed by atoms with Crippen molar-refractivity contribution in [2.24, 2.45) is 10.4 Å². The van der Waals surface area contributed by atoms with Crippen molar-refractivity contribution in [1.82, 2.24) is 20.5 Å². The molecule has 0 spiro atoms. The van der Waals surface area contributed by atoms with E-state index in [4.69, 9.17) is 4.74 Å². The quantitative estimate of drug-likeness (QED) is 0.232. The van der Waals surface area contributed by atoms with Crippen molar-refractivity contribution in [3.8, 4) is 0 Å². The van der Waals surface area contributed by atoms with Gasteiger partial charge in [0.05, 0.1) is 11.8 Å². The van der Waals surface area contributed by atoms with Crippen LogP contribution in [0.1, 0.15) is 58.6 Å². The Morgan fingerprint density at radius 3 is 2.63 bits per heavy atom. The maximum Gasteiger partial charge on any atom is 0.191 e. The SMILES string of the molecule is CCCCOC1CC(NC(=NC)NC2CCN(Cc3ccccn3)CC2)C1(C)C.I. The number of aromatic nitrogens is 1. The highest BCUT2D eigenvalue weighted by atomic mass is 127. The van der Waals surface area contributed by atoms with Crippen LogP contribution in [0.25, 0.3) is 0 Å². The van der Waals surface area contributed by atoms with Crippen LogP contribution in [0.2, 0.25) is 0 Å². The molecule has 7 heteroatoms. The normalized spacial score (nSPS) is 24.6. The van der Waals surface area contributed by atoms with E-state index in [9.17, 15) is 0 Å². The molecule has 2 heterocycles. The summed E-state index contributed by atoms with van der Waals surface area (Å²) in [4.78, 5) is 11.4. The topological polar surface area (TPSA) is 61.8 Å². The number of guanidine groups is 1. The fraction of sp³-hybridized carbons (Fsp3) is 0.739. The van der Waals surface area contributed by atoms with Crippen molar-refractivity contribution >= 4 is 29.9 Å². The van der Waals surface area contributed by atoms with Crippen LogP contribution in [0.3, 0.4) is 0 Å². The van der Waals surface area contributed by atoms with Gasteiger partial charge in [0.1, 0.15) is 0 Å². The van der Waals surface area contributed by atoms with Crippen LogP contribution in [-0.2, 0) is 11.3 Å². The standard InChI is InChI=1S/C23H39N5O.HI/c1-5-6-15-29-21-16-20(23(21,2)3)27-22(24-4)26-18-10-13-28(14-11-18)17-19-9-7-8-12-25-19;/h7-9,12,18,20-21H,5-6,10-11,13-17H2,1-4H3,(H2,24,26,27);1H. The summed E-state index contributed by atoms with van der Waals surface area (Å²) in [6.45, 7) is 10.8. The molecule has 2 N–H and O–H groups in total. The van der Waals surface area contributed by atoms with E-state index in [1.807, 2.05) is 19.3 Å². The van der Waals surface area contributed by atoms with Gasteiger partial charge >= 0.3 is 0 Å². The van der Waals surface area contributed by atoms with Crippen molar-refractivity contribution < 1.29 is 4.74 Å². The fourth-order valence-electron chi connectivity index (χ4n) is 4.27. The third kappa shape index (κ3) is 6.79. The Bertz CT molecular complexity index is 646. The minimum absolute atomic E-state index is 0. The number of hydrogen-bond donors (Lipinski definition) is 2. The number of pyridine rings is 1. The molecule has 3 rings (SSSR count). The molecule has 2 unspecified atom stereocenters. The Labute approximate surface area is 199 Å². The fourth-order valence-corrected chi connectivity index (χ4v) is 4.27. The number of rotatable bonds is 8. The molecule has 6 nitrogen and oxygen atoms in total. The van der Waals surface area contributed by atoms with E-state index in [1.54, 1.807) is 0 Å². The van der Waals surface area contributed by atoms with Crippen LogP contribution < -0.4 is 10.6 Å². The lowest BCUT2D eigenvalue weighted by atomic mass is 9.64. The average molecular weight is 530 g/mol. The van der Waals surface area contributed by atoms with Gasteiger partial charge in [0.2, 0.25) is 0 Å². The van der Waals surface area contributed by atoms with Gasteiger partial charge in [-0.05, 0) is 37.8 Å². The number of nitrogens with zero attached hydrogens (tertiary/aromatic N) is 3. The molecule has 1 aliphatic heterocycles. The van der Waals surface area contributed by atoms with Crippen LogP contribution >= 0.6 is 24.0 Å². The molecular formula is C23H40IN5O. The first kappa shape index (κ1) is 25.3. The van der Waals surface area contributed by atoms with Crippen molar-refractivity contribution in [3.05, 3.63) is 30.1 Å². The summed E-state index contributed by atoms with van der Waals surface area (Å²) in [6.07, 6.45) is 7.87. The van der Waals surface area contributed by atoms with E-state index < -0.39 is 0 Å². The molecule has 0 aromatic carbocycles. The van der Waals surface area contributed by atoms with Gasteiger partial charge in [-0.15, -0.1) is 24.0 Å². The monoisotopic (exact) mass is 529 g/mol. The first-order chi connectivity index (χ1) is 14.0. The zero-order valence-corrected chi connectivity index (χ0v) is 21.4. The zero-order chi connectivity index (χ0) is 20.7. The molecule has 0 amide bonds. The van der Waals surface area contributed by atoms with Crippen molar-refractivity contribution in [3.63, 3.8) is 0 Å². The highest BCUT2D eigenvalue weighted by Gasteiger charge is 2.49. The largest absolute Gasteiger partial charge is 0.378 e. The van der Waals surface area contributed by atoms with Gasteiger partial charge in [0.15, 0.2) is 5.96 Å². The molecule has 1 aromatic heterocycles. The Hall–Kier alpha value is -0.930. The molecule has 1 aliphatic carbocycles. The Kier molecular flexibility index (Phi) is 10.3. The third-order valence-corrected chi connectivity index (χ3v) is 6.57. The molecule has 1 saturated carbocycles. The van der Waals surface area contributed by atoms with Crippen LogP contribution in [0.15, 0.2) is 29.4 Å². The number of aliphatic imine (C=N–C) groups is 1. The Morgan fingerprint density at radius 1 is 1.27 bits per heavy atom. The highest BCUT2D eigenvalue weighted by molar-refractivity contribution is 14.0. The van der Waals surface area contributed by atoms with Crippen molar-refractivity contribution in [2.45, 2.75) is 77.6 Å². The summed E-state index contributed by atoms with van der Waals surface area (Å²) in [5.41, 5.74) is 1.29. The predicted molar refractivity (Wildman–Crippen MR) is 134 cm³/mol. The number of piperidine rings is 1. The number of nitrogens with one attached hydrogen (secondary N) is 2. The second-order valence-corrected chi connectivity index (χ2v) is 9.06. The molecular weight excluding hydrogens is 489 g/mol. The highest BCUT2D eigenvalue weighted by Crippen LogP contribution is 2.42. The number of unbranched alkanes of at least 4 members (excludes halogenated alkanes) is 1. The minimum Gasteiger partial charge on any atom is -0.378 e. The lowest BCUT2D eigenvalue weighted by molar-refractivity contribution is -0.113. The maximum absolute atomic E-state index is 6.08. The van der Waals surface area contributed by atoms with Gasteiger partial charge in [0.25, 0.3) is 0 Å². The van der Waals surface area contributed by atoms with E-state index in [0.29, 0.717) is 18.2 Å². The number of hydrogen-bond acceptors (Lipinski definition) is 4. The zero-order valence-electron chi connectivity index (χ0n) is 19.1. The van der Waals surface area contributed by atoms with Crippen molar-refractivity contribution in [1.29, 1.82) is 0 Å². The molecule has 2 atom stereocenters. The molecule has 0 radical (unpaired) electrons. The van der Waals surface area contributed by atoms with Crippen LogP contribution in [0.5, 0.6) is 0 Å². The molecule has 1 aromatic rings. The molecule has 170 valence electrons. The smallest absolute Gasteiger partial charge is 0.191 e. The average Bonchev–Trinajstić information content (AvgIpc) is 2.73. The van der Waals surface area contributed by atoms with Gasteiger partial charge in [0, 0.05) is 57.0 Å². The van der Waals surface area contributed by atoms with E-state index in [2.05, 4.69) is 58.4 Å². The molecule has 2 aliphatic rings. The van der Waals surface area contributed by atoms with E-state index >= 15 is 0 Å². The van der Waals surface area contributed by atoms with E-state index in [0.717, 1.165) is 63.6 Å². The summed E-state index contributed by atoms with van der Waals surface area (Å²) in [7, 11) is 1.87. The lowest BCUT2D eigenvalue weighted by Crippen LogP contribution is -2.64. The summed E-state index contributed by atoms with van der Waals surface area (Å²) < 4.78 is 6.08. The van der Waals surface area contributed by atoms with Crippen molar-refractivity contribution in [2.75, 3.05) is 26.7 Å². The first-order valence-electron chi connectivity index (χ1n) is 11.3. The van der Waals surface area contributed by atoms with E-state index in [-0.39, 0.29) is 29.4 Å². The van der Waals surface area contributed by atoms with Gasteiger partial charge in [-0.3, -0.25) is 14.9 Å². The van der Waals surface area contributed by atoms with Crippen LogP contribution in [0.4, 0.5) is 0 Å². The molecule has 1 saturated heterocycles. The van der Waals surface area contributed by atoms with Crippen LogP contribution in [0, 0.1) is 5.41 Å². The van der Waals surface area contributed by atoms with Gasteiger partial charge < -0.3 is 15.4 Å². The maximum atomic E-state index is 6.08. The second-order valence-electron chi connectivity index (χ2n) is 9.06. The van der Waals surface area contributed by atoms with Crippen LogP contribution in [-0.4, -0.2) is 60.8 Å². The lowest BCUT2D eigenvalue weighted by Gasteiger charge is -2.52. The molecule has 0 bridgehead atoms.